The zero-order valence-corrected chi connectivity index (χ0v) is 9.61. The molecule has 1 unspecified atom stereocenters. The van der Waals surface area contributed by atoms with Crippen LogP contribution in [-0.4, -0.2) is 15.3 Å². The van der Waals surface area contributed by atoms with Crippen LogP contribution < -0.4 is 0 Å². The van der Waals surface area contributed by atoms with Gasteiger partial charge in [-0.05, 0) is 20.3 Å². The van der Waals surface area contributed by atoms with Crippen molar-refractivity contribution in [3.8, 4) is 0 Å². The maximum atomic E-state index is 11.1. The van der Waals surface area contributed by atoms with Gasteiger partial charge in [-0.25, -0.2) is 0 Å². The zero-order chi connectivity index (χ0) is 8.65. The van der Waals surface area contributed by atoms with E-state index >= 15 is 0 Å². The fourth-order valence-electron chi connectivity index (χ4n) is 0.783. The van der Waals surface area contributed by atoms with E-state index in [4.69, 9.17) is 4.74 Å². The van der Waals surface area contributed by atoms with Crippen molar-refractivity contribution in [1.29, 1.82) is 0 Å². The van der Waals surface area contributed by atoms with Gasteiger partial charge in [0, 0.05) is 0 Å². The van der Waals surface area contributed by atoms with E-state index in [0.717, 1.165) is 6.42 Å². The molecule has 0 saturated heterocycles. The number of esters is 1. The number of ether oxygens (including phenoxy) is 1. The lowest BCUT2D eigenvalue weighted by molar-refractivity contribution is -0.148. The molecule has 1 rings (SSSR count). The average Bonchev–Trinajstić information content (AvgIpc) is 2.38. The molecular weight excluding hydrogens is 276 g/mol. The SMILES string of the molecule is CC(C)OC(=O)C1CC1(Br)Br. The topological polar surface area (TPSA) is 26.3 Å². The second-order valence-corrected chi connectivity index (χ2v) is 6.90. The number of carbonyl (C=O) groups is 1. The first kappa shape index (κ1) is 9.52. The maximum absolute atomic E-state index is 11.1. The van der Waals surface area contributed by atoms with Gasteiger partial charge in [-0.15, -0.1) is 0 Å². The van der Waals surface area contributed by atoms with E-state index in [1.54, 1.807) is 0 Å². The molecule has 4 heteroatoms. The molecule has 1 fully saturated rings. The Labute approximate surface area is 82.9 Å². The summed E-state index contributed by atoms with van der Waals surface area (Å²) < 4.78 is 4.84. The van der Waals surface area contributed by atoms with Crippen molar-refractivity contribution >= 4 is 37.8 Å². The Morgan fingerprint density at radius 3 is 2.36 bits per heavy atom. The summed E-state index contributed by atoms with van der Waals surface area (Å²) in [7, 11) is 0. The minimum Gasteiger partial charge on any atom is -0.463 e. The van der Waals surface area contributed by atoms with Crippen molar-refractivity contribution in [2.75, 3.05) is 0 Å². The van der Waals surface area contributed by atoms with Gasteiger partial charge in [0.2, 0.25) is 0 Å². The van der Waals surface area contributed by atoms with Gasteiger partial charge in [0.25, 0.3) is 0 Å². The van der Waals surface area contributed by atoms with Crippen LogP contribution in [0.4, 0.5) is 0 Å². The highest BCUT2D eigenvalue weighted by Gasteiger charge is 2.56. The van der Waals surface area contributed by atoms with Gasteiger partial charge in [0.05, 0.1) is 15.3 Å². The predicted molar refractivity (Wildman–Crippen MR) is 49.9 cm³/mol. The summed E-state index contributed by atoms with van der Waals surface area (Å²) in [5, 5.41) is 0. The number of rotatable bonds is 2. The molecule has 0 N–H and O–H groups in total. The molecule has 1 atom stereocenters. The molecule has 0 amide bonds. The summed E-state index contributed by atoms with van der Waals surface area (Å²) in [5.74, 6) is -0.126. The standard InChI is InChI=1S/C7H10Br2O2/c1-4(2)11-6(10)5-3-7(5,8)9/h4-5H,3H2,1-2H3. The number of halogens is 2. The Bertz CT molecular complexity index is 177. The molecule has 64 valence electrons. The molecule has 11 heavy (non-hydrogen) atoms. The first-order valence-corrected chi connectivity index (χ1v) is 5.10. The van der Waals surface area contributed by atoms with Crippen LogP contribution in [0, 0.1) is 5.92 Å². The van der Waals surface area contributed by atoms with Crippen molar-refractivity contribution in [2.45, 2.75) is 29.6 Å². The maximum Gasteiger partial charge on any atom is 0.311 e. The molecule has 1 aliphatic carbocycles. The lowest BCUT2D eigenvalue weighted by atomic mass is 10.4. The van der Waals surface area contributed by atoms with Gasteiger partial charge in [-0.2, -0.15) is 0 Å². The third-order valence-corrected chi connectivity index (χ3v) is 3.22. The molecule has 0 aromatic rings. The van der Waals surface area contributed by atoms with Crippen LogP contribution in [-0.2, 0) is 9.53 Å². The van der Waals surface area contributed by atoms with Crippen molar-refractivity contribution in [1.82, 2.24) is 0 Å². The van der Waals surface area contributed by atoms with E-state index in [1.165, 1.54) is 0 Å². The number of alkyl halides is 2. The van der Waals surface area contributed by atoms with Crippen LogP contribution in [0.5, 0.6) is 0 Å². The molecule has 1 aliphatic rings. The predicted octanol–water partition coefficient (Wildman–Crippen LogP) is 2.44. The fraction of sp³-hybridized carbons (Fsp3) is 0.857. The number of hydrogen-bond acceptors (Lipinski definition) is 2. The minimum absolute atomic E-state index is 0.00935. The Hall–Kier alpha value is 0.430. The summed E-state index contributed by atoms with van der Waals surface area (Å²) in [6.45, 7) is 3.70. The van der Waals surface area contributed by atoms with E-state index in [1.807, 2.05) is 13.8 Å². The smallest absolute Gasteiger partial charge is 0.311 e. The summed E-state index contributed by atoms with van der Waals surface area (Å²) in [6, 6.07) is 0. The Morgan fingerprint density at radius 1 is 1.64 bits per heavy atom. The number of carbonyl (C=O) groups excluding carboxylic acids is 1. The fourth-order valence-corrected chi connectivity index (χ4v) is 1.80. The molecule has 0 aromatic carbocycles. The van der Waals surface area contributed by atoms with Crippen LogP contribution in [0.2, 0.25) is 0 Å². The third kappa shape index (κ3) is 2.44. The van der Waals surface area contributed by atoms with E-state index in [2.05, 4.69) is 31.9 Å². The Balaban J connectivity index is 2.34. The molecular formula is C7H10Br2O2. The minimum atomic E-state index is -0.175. The third-order valence-electron chi connectivity index (χ3n) is 1.46. The lowest BCUT2D eigenvalue weighted by Crippen LogP contribution is -2.15. The zero-order valence-electron chi connectivity index (χ0n) is 6.43. The first-order chi connectivity index (χ1) is 4.93. The van der Waals surface area contributed by atoms with E-state index < -0.39 is 0 Å². The van der Waals surface area contributed by atoms with Gasteiger partial charge in [0.15, 0.2) is 0 Å². The quantitative estimate of drug-likeness (QED) is 0.575. The van der Waals surface area contributed by atoms with Crippen LogP contribution >= 0.6 is 31.9 Å². The molecule has 0 aliphatic heterocycles. The van der Waals surface area contributed by atoms with Gasteiger partial charge in [-0.3, -0.25) is 4.79 Å². The molecule has 2 nitrogen and oxygen atoms in total. The second-order valence-electron chi connectivity index (χ2n) is 3.00. The van der Waals surface area contributed by atoms with Gasteiger partial charge in [0.1, 0.15) is 0 Å². The highest BCUT2D eigenvalue weighted by molar-refractivity contribution is 9.25. The highest BCUT2D eigenvalue weighted by Crippen LogP contribution is 2.56. The van der Waals surface area contributed by atoms with Crippen LogP contribution in [0.15, 0.2) is 0 Å². The average molecular weight is 286 g/mol. The van der Waals surface area contributed by atoms with Crippen molar-refractivity contribution < 1.29 is 9.53 Å². The van der Waals surface area contributed by atoms with E-state index in [-0.39, 0.29) is 21.2 Å². The first-order valence-electron chi connectivity index (χ1n) is 3.52. The van der Waals surface area contributed by atoms with Gasteiger partial charge >= 0.3 is 5.97 Å². The molecule has 0 heterocycles. The van der Waals surface area contributed by atoms with Crippen LogP contribution in [0.25, 0.3) is 0 Å². The molecule has 1 saturated carbocycles. The monoisotopic (exact) mass is 284 g/mol. The highest BCUT2D eigenvalue weighted by atomic mass is 79.9. The van der Waals surface area contributed by atoms with E-state index in [9.17, 15) is 4.79 Å². The normalized spacial score (nSPS) is 26.8. The van der Waals surface area contributed by atoms with Crippen LogP contribution in [0.1, 0.15) is 20.3 Å². The number of hydrogen-bond donors (Lipinski definition) is 0. The summed E-state index contributed by atoms with van der Waals surface area (Å²) in [5.41, 5.74) is 0. The molecule has 0 aromatic heterocycles. The molecule has 0 spiro atoms. The Kier molecular flexibility index (Phi) is 2.64. The second kappa shape index (κ2) is 3.05. The molecule has 0 bridgehead atoms. The molecule has 0 radical (unpaired) electrons. The Morgan fingerprint density at radius 2 is 2.09 bits per heavy atom. The lowest BCUT2D eigenvalue weighted by Gasteiger charge is -2.07. The van der Waals surface area contributed by atoms with Crippen molar-refractivity contribution in [3.05, 3.63) is 0 Å². The van der Waals surface area contributed by atoms with Crippen LogP contribution in [0.3, 0.4) is 0 Å². The van der Waals surface area contributed by atoms with Crippen molar-refractivity contribution in [3.63, 3.8) is 0 Å². The van der Waals surface area contributed by atoms with Crippen molar-refractivity contribution in [2.24, 2.45) is 5.92 Å². The summed E-state index contributed by atoms with van der Waals surface area (Å²) in [6.07, 6.45) is 0.803. The summed E-state index contributed by atoms with van der Waals surface area (Å²) in [4.78, 5) is 11.1. The van der Waals surface area contributed by atoms with E-state index in [0.29, 0.717) is 0 Å². The van der Waals surface area contributed by atoms with Gasteiger partial charge < -0.3 is 4.74 Å². The largest absolute Gasteiger partial charge is 0.463 e. The van der Waals surface area contributed by atoms with Gasteiger partial charge in [-0.1, -0.05) is 31.9 Å². The summed E-state index contributed by atoms with van der Waals surface area (Å²) >= 11 is 6.72.